The highest BCUT2D eigenvalue weighted by Gasteiger charge is 2.13. The fraction of sp³-hybridized carbons (Fsp3) is 0. The van der Waals surface area contributed by atoms with Gasteiger partial charge in [-0.3, -0.25) is 10.1 Å². The molecule has 0 aliphatic rings. The van der Waals surface area contributed by atoms with Gasteiger partial charge in [0.2, 0.25) is 5.95 Å². The third kappa shape index (κ3) is 1.28. The van der Waals surface area contributed by atoms with E-state index in [2.05, 4.69) is 4.98 Å². The van der Waals surface area contributed by atoms with E-state index in [-0.39, 0.29) is 5.69 Å². The van der Waals surface area contributed by atoms with Crippen molar-refractivity contribution >= 4 is 16.6 Å². The topological polar surface area (TPSA) is 56.0 Å². The van der Waals surface area contributed by atoms with Crippen LogP contribution in [0.25, 0.3) is 10.9 Å². The van der Waals surface area contributed by atoms with Crippen LogP contribution in [0.4, 0.5) is 10.1 Å². The van der Waals surface area contributed by atoms with Crippen molar-refractivity contribution in [2.75, 3.05) is 0 Å². The van der Waals surface area contributed by atoms with Crippen LogP contribution in [0.2, 0.25) is 0 Å². The van der Waals surface area contributed by atoms with Crippen molar-refractivity contribution in [2.24, 2.45) is 0 Å². The Morgan fingerprint density at radius 3 is 2.79 bits per heavy atom. The minimum atomic E-state index is -0.838. The first-order valence-corrected chi connectivity index (χ1v) is 3.88. The molecule has 0 saturated carbocycles. The molecule has 1 heterocycles. The Kier molecular flexibility index (Phi) is 1.85. The lowest BCUT2D eigenvalue weighted by Crippen LogP contribution is -1.93. The molecule has 1 aromatic carbocycles. The number of fused-ring (bicyclic) bond motifs is 1. The van der Waals surface area contributed by atoms with Crippen LogP contribution in [0.15, 0.2) is 30.3 Å². The largest absolute Gasteiger partial charge is 0.283 e. The second-order valence-electron chi connectivity index (χ2n) is 2.74. The zero-order valence-electron chi connectivity index (χ0n) is 6.98. The Morgan fingerprint density at radius 2 is 2.07 bits per heavy atom. The summed E-state index contributed by atoms with van der Waals surface area (Å²) in [7, 11) is 0. The normalized spacial score (nSPS) is 10.4. The fourth-order valence-electron chi connectivity index (χ4n) is 1.28. The van der Waals surface area contributed by atoms with Crippen molar-refractivity contribution < 1.29 is 9.31 Å². The van der Waals surface area contributed by atoms with Crippen LogP contribution in [-0.4, -0.2) is 9.91 Å². The third-order valence-electron chi connectivity index (χ3n) is 1.86. The van der Waals surface area contributed by atoms with E-state index < -0.39 is 10.9 Å². The predicted molar refractivity (Wildman–Crippen MR) is 48.4 cm³/mol. The monoisotopic (exact) mass is 192 g/mol. The molecule has 0 fully saturated rings. The van der Waals surface area contributed by atoms with Crippen LogP contribution in [0, 0.1) is 16.1 Å². The molecule has 0 aliphatic heterocycles. The van der Waals surface area contributed by atoms with Gasteiger partial charge in [0.15, 0.2) is 0 Å². The lowest BCUT2D eigenvalue weighted by molar-refractivity contribution is -0.383. The van der Waals surface area contributed by atoms with Crippen molar-refractivity contribution in [1.29, 1.82) is 0 Å². The van der Waals surface area contributed by atoms with E-state index >= 15 is 0 Å². The van der Waals surface area contributed by atoms with Gasteiger partial charge in [0.1, 0.15) is 0 Å². The molecule has 0 unspecified atom stereocenters. The number of para-hydroxylation sites is 1. The molecule has 2 aromatic rings. The highest BCUT2D eigenvalue weighted by molar-refractivity contribution is 5.87. The van der Waals surface area contributed by atoms with Gasteiger partial charge < -0.3 is 0 Å². The molecule has 1 aromatic heterocycles. The Labute approximate surface area is 78.2 Å². The number of aromatic nitrogens is 1. The number of nitrogens with zero attached hydrogens (tertiary/aromatic N) is 2. The maximum absolute atomic E-state index is 12.8. The number of halogens is 1. The minimum Gasteiger partial charge on any atom is -0.258 e. The summed E-state index contributed by atoms with van der Waals surface area (Å²) in [5.74, 6) is -0.838. The average Bonchev–Trinajstić information content (AvgIpc) is 2.16. The first kappa shape index (κ1) is 8.55. The van der Waals surface area contributed by atoms with Crippen molar-refractivity contribution in [2.45, 2.75) is 0 Å². The Balaban J connectivity index is 2.87. The molecule has 0 radical (unpaired) electrons. The molecule has 4 nitrogen and oxygen atoms in total. The van der Waals surface area contributed by atoms with E-state index in [0.717, 1.165) is 6.07 Å². The Bertz CT molecular complexity index is 513. The molecule has 70 valence electrons. The molecule has 2 rings (SSSR count). The van der Waals surface area contributed by atoms with Gasteiger partial charge in [-0.25, -0.2) is 4.98 Å². The van der Waals surface area contributed by atoms with Crippen LogP contribution >= 0.6 is 0 Å². The number of rotatable bonds is 1. The lowest BCUT2D eigenvalue weighted by atomic mass is 10.2. The number of benzene rings is 1. The molecule has 0 N–H and O–H groups in total. The molecular formula is C9H5FN2O2. The highest BCUT2D eigenvalue weighted by atomic mass is 19.1. The van der Waals surface area contributed by atoms with Gasteiger partial charge in [0.25, 0.3) is 5.69 Å². The van der Waals surface area contributed by atoms with E-state index in [4.69, 9.17) is 0 Å². The summed E-state index contributed by atoms with van der Waals surface area (Å²) >= 11 is 0. The smallest absolute Gasteiger partial charge is 0.258 e. The van der Waals surface area contributed by atoms with Gasteiger partial charge in [-0.05, 0) is 12.1 Å². The first-order valence-electron chi connectivity index (χ1n) is 3.88. The van der Waals surface area contributed by atoms with Gasteiger partial charge in [0.05, 0.1) is 21.9 Å². The van der Waals surface area contributed by atoms with E-state index in [1.165, 1.54) is 6.07 Å². The summed E-state index contributed by atoms with van der Waals surface area (Å²) in [5, 5.41) is 10.9. The number of hydrogen-bond acceptors (Lipinski definition) is 3. The van der Waals surface area contributed by atoms with Crippen LogP contribution in [0.3, 0.4) is 0 Å². The molecule has 0 amide bonds. The van der Waals surface area contributed by atoms with E-state index in [1.807, 2.05) is 0 Å². The summed E-state index contributed by atoms with van der Waals surface area (Å²) in [6, 6.07) is 7.20. The van der Waals surface area contributed by atoms with Crippen molar-refractivity contribution in [3.05, 3.63) is 46.4 Å². The van der Waals surface area contributed by atoms with Gasteiger partial charge in [-0.2, -0.15) is 4.39 Å². The van der Waals surface area contributed by atoms with Gasteiger partial charge in [-0.1, -0.05) is 12.1 Å². The summed E-state index contributed by atoms with van der Waals surface area (Å²) in [6.45, 7) is 0. The molecule has 0 spiro atoms. The van der Waals surface area contributed by atoms with E-state index in [0.29, 0.717) is 10.9 Å². The maximum atomic E-state index is 12.8. The minimum absolute atomic E-state index is 0.256. The van der Waals surface area contributed by atoms with Gasteiger partial charge in [0, 0.05) is 0 Å². The zero-order valence-corrected chi connectivity index (χ0v) is 6.98. The fourth-order valence-corrected chi connectivity index (χ4v) is 1.28. The number of nitro groups is 1. The van der Waals surface area contributed by atoms with Crippen molar-refractivity contribution in [1.82, 2.24) is 4.98 Å². The Hall–Kier alpha value is -2.04. The Morgan fingerprint density at radius 1 is 1.36 bits per heavy atom. The molecule has 14 heavy (non-hydrogen) atoms. The molecule has 0 aliphatic carbocycles. The maximum Gasteiger partial charge on any atom is 0.283 e. The second-order valence-corrected chi connectivity index (χ2v) is 2.74. The molecule has 0 bridgehead atoms. The molecule has 0 saturated heterocycles. The molecule has 5 heteroatoms. The number of pyridine rings is 1. The highest BCUT2D eigenvalue weighted by Crippen LogP contribution is 2.24. The van der Waals surface area contributed by atoms with Crippen molar-refractivity contribution in [3.8, 4) is 0 Å². The third-order valence-corrected chi connectivity index (χ3v) is 1.86. The lowest BCUT2D eigenvalue weighted by Gasteiger charge is -1.97. The van der Waals surface area contributed by atoms with E-state index in [1.54, 1.807) is 18.2 Å². The van der Waals surface area contributed by atoms with Gasteiger partial charge in [-0.15, -0.1) is 0 Å². The van der Waals surface area contributed by atoms with Crippen LogP contribution in [0.5, 0.6) is 0 Å². The van der Waals surface area contributed by atoms with Crippen LogP contribution in [0.1, 0.15) is 0 Å². The summed E-state index contributed by atoms with van der Waals surface area (Å²) in [4.78, 5) is 13.5. The van der Waals surface area contributed by atoms with Gasteiger partial charge >= 0.3 is 0 Å². The SMILES string of the molecule is O=[N+]([O-])c1cc(F)nc2ccccc12. The zero-order chi connectivity index (χ0) is 10.1. The number of hydrogen-bond donors (Lipinski definition) is 0. The quantitative estimate of drug-likeness (QED) is 0.395. The first-order chi connectivity index (χ1) is 6.68. The molecular weight excluding hydrogens is 187 g/mol. The van der Waals surface area contributed by atoms with Crippen molar-refractivity contribution in [3.63, 3.8) is 0 Å². The van der Waals surface area contributed by atoms with Crippen LogP contribution < -0.4 is 0 Å². The standard InChI is InChI=1S/C9H5FN2O2/c10-9-5-8(12(13)14)6-3-1-2-4-7(6)11-9/h1-5H. The van der Waals surface area contributed by atoms with Crippen LogP contribution in [-0.2, 0) is 0 Å². The average molecular weight is 192 g/mol. The predicted octanol–water partition coefficient (Wildman–Crippen LogP) is 2.28. The summed E-state index contributed by atoms with van der Waals surface area (Å²) in [5.41, 5.74) is 0.0345. The molecule has 0 atom stereocenters. The van der Waals surface area contributed by atoms with E-state index in [9.17, 15) is 14.5 Å². The summed E-state index contributed by atoms with van der Waals surface area (Å²) in [6.07, 6.45) is 0. The summed E-state index contributed by atoms with van der Waals surface area (Å²) < 4.78 is 12.8. The second kappa shape index (κ2) is 3.02.